The lowest BCUT2D eigenvalue weighted by Crippen LogP contribution is -2.15. The molecule has 1 aliphatic rings. The molecule has 1 N–H and O–H groups in total. The van der Waals surface area contributed by atoms with Crippen molar-refractivity contribution in [2.24, 2.45) is 0 Å². The SMILES string of the molecule is COc1ccc(C)cc1NS(=O)(=O)c1ccc2c(c1)CCCO2. The minimum absolute atomic E-state index is 0.227. The molecule has 0 aromatic heterocycles. The lowest BCUT2D eigenvalue weighted by molar-refractivity contribution is 0.288. The van der Waals surface area contributed by atoms with Gasteiger partial charge in [-0.25, -0.2) is 8.42 Å². The van der Waals surface area contributed by atoms with E-state index in [-0.39, 0.29) is 4.90 Å². The highest BCUT2D eigenvalue weighted by molar-refractivity contribution is 7.92. The first kappa shape index (κ1) is 15.7. The second kappa shape index (κ2) is 6.12. The molecule has 2 aromatic rings. The van der Waals surface area contributed by atoms with E-state index in [1.807, 2.05) is 13.0 Å². The molecule has 0 radical (unpaired) electrons. The van der Waals surface area contributed by atoms with Crippen LogP contribution in [0.5, 0.6) is 11.5 Å². The van der Waals surface area contributed by atoms with Crippen molar-refractivity contribution in [2.75, 3.05) is 18.4 Å². The second-order valence-corrected chi connectivity index (χ2v) is 7.21. The van der Waals surface area contributed by atoms with Crippen molar-refractivity contribution in [3.05, 3.63) is 47.5 Å². The Morgan fingerprint density at radius 2 is 2.00 bits per heavy atom. The molecule has 0 unspecified atom stereocenters. The molecule has 1 heterocycles. The third-order valence-electron chi connectivity index (χ3n) is 3.79. The Kier molecular flexibility index (Phi) is 4.17. The number of rotatable bonds is 4. The van der Waals surface area contributed by atoms with Gasteiger partial charge in [-0.1, -0.05) is 6.07 Å². The fourth-order valence-electron chi connectivity index (χ4n) is 2.61. The fourth-order valence-corrected chi connectivity index (χ4v) is 3.72. The maximum atomic E-state index is 12.7. The van der Waals surface area contributed by atoms with E-state index in [0.29, 0.717) is 18.0 Å². The molecule has 1 aliphatic heterocycles. The van der Waals surface area contributed by atoms with Crippen LogP contribution in [-0.4, -0.2) is 22.1 Å². The molecule has 0 amide bonds. The minimum Gasteiger partial charge on any atom is -0.495 e. The summed E-state index contributed by atoms with van der Waals surface area (Å²) >= 11 is 0. The highest BCUT2D eigenvalue weighted by Gasteiger charge is 2.20. The van der Waals surface area contributed by atoms with Gasteiger partial charge in [0.15, 0.2) is 0 Å². The van der Waals surface area contributed by atoms with Crippen LogP contribution in [0.2, 0.25) is 0 Å². The normalized spacial score (nSPS) is 13.8. The molecule has 0 atom stereocenters. The van der Waals surface area contributed by atoms with E-state index in [1.165, 1.54) is 7.11 Å². The van der Waals surface area contributed by atoms with Gasteiger partial charge in [-0.15, -0.1) is 0 Å². The van der Waals surface area contributed by atoms with Crippen molar-refractivity contribution in [3.8, 4) is 11.5 Å². The van der Waals surface area contributed by atoms with Gasteiger partial charge in [0.1, 0.15) is 11.5 Å². The Morgan fingerprint density at radius 3 is 2.78 bits per heavy atom. The van der Waals surface area contributed by atoms with Crippen LogP contribution in [0.3, 0.4) is 0 Å². The molecule has 0 bridgehead atoms. The summed E-state index contributed by atoms with van der Waals surface area (Å²) in [6, 6.07) is 10.3. The van der Waals surface area contributed by atoms with Crippen molar-refractivity contribution in [1.82, 2.24) is 0 Å². The van der Waals surface area contributed by atoms with Crippen LogP contribution < -0.4 is 14.2 Å². The zero-order valence-electron chi connectivity index (χ0n) is 13.1. The Bertz CT molecular complexity index is 830. The molecule has 6 heteroatoms. The number of sulfonamides is 1. The molecule has 5 nitrogen and oxygen atoms in total. The largest absolute Gasteiger partial charge is 0.495 e. The summed E-state index contributed by atoms with van der Waals surface area (Å²) in [5, 5.41) is 0. The first-order valence-corrected chi connectivity index (χ1v) is 8.91. The number of hydrogen-bond acceptors (Lipinski definition) is 4. The zero-order chi connectivity index (χ0) is 16.4. The highest BCUT2D eigenvalue weighted by atomic mass is 32.2. The van der Waals surface area contributed by atoms with Gasteiger partial charge in [-0.2, -0.15) is 0 Å². The van der Waals surface area contributed by atoms with Crippen LogP contribution in [0.15, 0.2) is 41.3 Å². The Balaban J connectivity index is 1.95. The van der Waals surface area contributed by atoms with Gasteiger partial charge in [0.05, 0.1) is 24.3 Å². The van der Waals surface area contributed by atoms with Gasteiger partial charge in [-0.05, 0) is 61.2 Å². The topological polar surface area (TPSA) is 64.6 Å². The van der Waals surface area contributed by atoms with Crippen molar-refractivity contribution in [2.45, 2.75) is 24.7 Å². The fraction of sp³-hybridized carbons (Fsp3) is 0.294. The second-order valence-electron chi connectivity index (χ2n) is 5.53. The van der Waals surface area contributed by atoms with E-state index < -0.39 is 10.0 Å². The molecule has 0 saturated heterocycles. The zero-order valence-corrected chi connectivity index (χ0v) is 13.9. The standard InChI is InChI=1S/C17H19NO4S/c1-12-5-7-17(21-2)15(10-12)18-23(19,20)14-6-8-16-13(11-14)4-3-9-22-16/h5-8,10-11,18H,3-4,9H2,1-2H3. The Labute approximate surface area is 136 Å². The lowest BCUT2D eigenvalue weighted by atomic mass is 10.1. The number of aryl methyl sites for hydroxylation is 2. The average Bonchev–Trinajstić information content (AvgIpc) is 2.54. The summed E-state index contributed by atoms with van der Waals surface area (Å²) < 4.78 is 38.7. The van der Waals surface area contributed by atoms with E-state index in [1.54, 1.807) is 30.3 Å². The smallest absolute Gasteiger partial charge is 0.262 e. The van der Waals surface area contributed by atoms with Gasteiger partial charge in [0, 0.05) is 0 Å². The quantitative estimate of drug-likeness (QED) is 0.933. The molecule has 0 saturated carbocycles. The summed E-state index contributed by atoms with van der Waals surface area (Å²) in [6.07, 6.45) is 1.72. The molecular formula is C17H19NO4S. The van der Waals surface area contributed by atoms with Gasteiger partial charge in [0.25, 0.3) is 10.0 Å². The number of fused-ring (bicyclic) bond motifs is 1. The first-order valence-electron chi connectivity index (χ1n) is 7.43. The molecule has 2 aromatic carbocycles. The number of ether oxygens (including phenoxy) is 2. The maximum absolute atomic E-state index is 12.7. The van der Waals surface area contributed by atoms with Crippen LogP contribution in [0.1, 0.15) is 17.5 Å². The van der Waals surface area contributed by atoms with Crippen molar-refractivity contribution < 1.29 is 17.9 Å². The molecular weight excluding hydrogens is 314 g/mol. The molecule has 122 valence electrons. The van der Waals surface area contributed by atoms with Gasteiger partial charge in [0.2, 0.25) is 0 Å². The molecule has 0 fully saturated rings. The van der Waals surface area contributed by atoms with Crippen molar-refractivity contribution in [3.63, 3.8) is 0 Å². The van der Waals surface area contributed by atoms with Gasteiger partial charge < -0.3 is 9.47 Å². The summed E-state index contributed by atoms with van der Waals surface area (Å²) in [7, 11) is -2.17. The number of anilines is 1. The van der Waals surface area contributed by atoms with Gasteiger partial charge >= 0.3 is 0 Å². The molecule has 3 rings (SSSR count). The maximum Gasteiger partial charge on any atom is 0.262 e. The van der Waals surface area contributed by atoms with E-state index in [2.05, 4.69) is 4.72 Å². The number of methoxy groups -OCH3 is 1. The monoisotopic (exact) mass is 333 g/mol. The van der Waals surface area contributed by atoms with Crippen molar-refractivity contribution in [1.29, 1.82) is 0 Å². The van der Waals surface area contributed by atoms with Crippen LogP contribution in [0.4, 0.5) is 5.69 Å². The highest BCUT2D eigenvalue weighted by Crippen LogP contribution is 2.30. The molecule has 0 spiro atoms. The summed E-state index contributed by atoms with van der Waals surface area (Å²) in [5.41, 5.74) is 2.30. The van der Waals surface area contributed by atoms with E-state index >= 15 is 0 Å². The Morgan fingerprint density at radius 1 is 1.17 bits per heavy atom. The number of hydrogen-bond donors (Lipinski definition) is 1. The van der Waals surface area contributed by atoms with Gasteiger partial charge in [-0.3, -0.25) is 4.72 Å². The Hall–Kier alpha value is -2.21. The molecule has 0 aliphatic carbocycles. The lowest BCUT2D eigenvalue weighted by Gasteiger charge is -2.18. The third-order valence-corrected chi connectivity index (χ3v) is 5.15. The van der Waals surface area contributed by atoms with E-state index in [0.717, 1.165) is 29.7 Å². The number of nitrogens with one attached hydrogen (secondary N) is 1. The van der Waals surface area contributed by atoms with Crippen LogP contribution in [-0.2, 0) is 16.4 Å². The summed E-state index contributed by atoms with van der Waals surface area (Å²) in [4.78, 5) is 0.227. The molecule has 23 heavy (non-hydrogen) atoms. The predicted octanol–water partition coefficient (Wildman–Crippen LogP) is 3.13. The average molecular weight is 333 g/mol. The summed E-state index contributed by atoms with van der Waals surface area (Å²) in [6.45, 7) is 2.57. The van der Waals surface area contributed by atoms with Crippen molar-refractivity contribution >= 4 is 15.7 Å². The van der Waals surface area contributed by atoms with E-state index in [4.69, 9.17) is 9.47 Å². The summed E-state index contributed by atoms with van der Waals surface area (Å²) in [5.74, 6) is 1.25. The minimum atomic E-state index is -3.68. The van der Waals surface area contributed by atoms with E-state index in [9.17, 15) is 8.42 Å². The van der Waals surface area contributed by atoms with Crippen LogP contribution in [0.25, 0.3) is 0 Å². The van der Waals surface area contributed by atoms with Crippen LogP contribution in [0, 0.1) is 6.92 Å². The van der Waals surface area contributed by atoms with Crippen LogP contribution >= 0.6 is 0 Å². The first-order chi connectivity index (χ1) is 11.0. The predicted molar refractivity (Wildman–Crippen MR) is 88.8 cm³/mol. The number of benzene rings is 2. The third kappa shape index (κ3) is 3.27.